The highest BCUT2D eigenvalue weighted by molar-refractivity contribution is 9.11. The summed E-state index contributed by atoms with van der Waals surface area (Å²) >= 11 is 8.27. The summed E-state index contributed by atoms with van der Waals surface area (Å²) < 4.78 is 14.4. The van der Waals surface area contributed by atoms with Gasteiger partial charge in [-0.05, 0) is 52.3 Å². The Morgan fingerprint density at radius 3 is 2.64 bits per heavy atom. The highest BCUT2D eigenvalue weighted by atomic mass is 79.9. The fourth-order valence-electron chi connectivity index (χ4n) is 1.96. The molecule has 0 spiro atoms. The number of fused-ring (bicyclic) bond motifs is 1. The maximum Gasteiger partial charge on any atom is 0.258 e. The first-order valence-corrected chi connectivity index (χ1v) is 8.86. The van der Waals surface area contributed by atoms with Crippen molar-refractivity contribution in [1.82, 2.24) is 9.97 Å². The van der Waals surface area contributed by atoms with Crippen molar-refractivity contribution in [3.63, 3.8) is 0 Å². The Morgan fingerprint density at radius 2 is 1.91 bits per heavy atom. The largest absolute Gasteiger partial charge is 0.309 e. The maximum absolute atomic E-state index is 12.9. The molecule has 3 nitrogen and oxygen atoms in total. The van der Waals surface area contributed by atoms with Crippen LogP contribution < -0.4 is 5.56 Å². The number of aromatic nitrogens is 2. The number of nitrogens with zero attached hydrogens (tertiary/aromatic N) is 1. The van der Waals surface area contributed by atoms with Crippen molar-refractivity contribution in [2.24, 2.45) is 0 Å². The van der Waals surface area contributed by atoms with Gasteiger partial charge in [0.25, 0.3) is 5.56 Å². The summed E-state index contributed by atoms with van der Waals surface area (Å²) in [5.41, 5.74) is 0.448. The number of benzene rings is 2. The molecule has 2 aromatic carbocycles. The molecule has 3 rings (SSSR count). The second-order valence-corrected chi connectivity index (χ2v) is 7.36. The monoisotopic (exact) mass is 442 g/mol. The van der Waals surface area contributed by atoms with Crippen LogP contribution in [-0.2, 0) is 5.75 Å². The number of rotatable bonds is 3. The molecule has 1 aromatic heterocycles. The van der Waals surface area contributed by atoms with Crippen molar-refractivity contribution in [3.05, 3.63) is 67.3 Å². The van der Waals surface area contributed by atoms with E-state index in [0.29, 0.717) is 22.5 Å². The molecule has 0 saturated carbocycles. The second kappa shape index (κ2) is 6.52. The van der Waals surface area contributed by atoms with E-state index in [4.69, 9.17) is 0 Å². The Bertz CT molecular complexity index is 896. The van der Waals surface area contributed by atoms with E-state index in [-0.39, 0.29) is 11.4 Å². The van der Waals surface area contributed by atoms with E-state index in [1.165, 1.54) is 23.9 Å². The van der Waals surface area contributed by atoms with Crippen molar-refractivity contribution in [3.8, 4) is 0 Å². The molecule has 0 aliphatic carbocycles. The molecular weight excluding hydrogens is 435 g/mol. The Hall–Kier alpha value is -1.18. The van der Waals surface area contributed by atoms with Gasteiger partial charge in [-0.2, -0.15) is 0 Å². The third kappa shape index (κ3) is 3.42. The molecule has 1 heterocycles. The van der Waals surface area contributed by atoms with Gasteiger partial charge in [-0.15, -0.1) is 11.8 Å². The van der Waals surface area contributed by atoms with Crippen molar-refractivity contribution >= 4 is 54.5 Å². The summed E-state index contributed by atoms with van der Waals surface area (Å²) in [4.78, 5) is 20.4. The average Bonchev–Trinajstić information content (AvgIpc) is 2.48. The van der Waals surface area contributed by atoms with Gasteiger partial charge in [0, 0.05) is 13.8 Å². The lowest BCUT2D eigenvalue weighted by Crippen LogP contribution is -2.11. The molecule has 0 aliphatic heterocycles. The number of hydrogen-bond acceptors (Lipinski definition) is 3. The number of nitrogens with one attached hydrogen (secondary N) is 1. The molecule has 22 heavy (non-hydrogen) atoms. The molecule has 0 atom stereocenters. The average molecular weight is 444 g/mol. The minimum Gasteiger partial charge on any atom is -0.309 e. The number of aromatic amines is 1. The minimum absolute atomic E-state index is 0.179. The van der Waals surface area contributed by atoms with Crippen LogP contribution in [0.4, 0.5) is 4.39 Å². The van der Waals surface area contributed by atoms with E-state index in [0.717, 1.165) is 13.8 Å². The van der Waals surface area contributed by atoms with Crippen LogP contribution in [0.25, 0.3) is 10.9 Å². The Balaban J connectivity index is 1.91. The lowest BCUT2D eigenvalue weighted by molar-refractivity contribution is 0.626. The SMILES string of the molecule is O=c1[nH]c(CSc2ccc(F)cc2)nc2c(Br)cc(Br)cc12. The summed E-state index contributed by atoms with van der Waals surface area (Å²) in [6.07, 6.45) is 0. The molecule has 0 bridgehead atoms. The van der Waals surface area contributed by atoms with Gasteiger partial charge in [-0.3, -0.25) is 4.79 Å². The maximum atomic E-state index is 12.9. The van der Waals surface area contributed by atoms with E-state index in [2.05, 4.69) is 41.8 Å². The number of halogens is 3. The molecule has 1 N–H and O–H groups in total. The van der Waals surface area contributed by atoms with Crippen LogP contribution in [-0.4, -0.2) is 9.97 Å². The van der Waals surface area contributed by atoms with Crippen LogP contribution in [0.5, 0.6) is 0 Å². The zero-order valence-electron chi connectivity index (χ0n) is 11.1. The van der Waals surface area contributed by atoms with Crippen LogP contribution in [0.1, 0.15) is 5.82 Å². The molecule has 0 fully saturated rings. The van der Waals surface area contributed by atoms with Gasteiger partial charge in [0.2, 0.25) is 0 Å². The molecule has 112 valence electrons. The Kier molecular flexibility index (Phi) is 4.65. The molecule has 0 radical (unpaired) electrons. The van der Waals surface area contributed by atoms with Gasteiger partial charge in [-0.25, -0.2) is 9.37 Å². The van der Waals surface area contributed by atoms with Crippen LogP contribution in [0.3, 0.4) is 0 Å². The second-order valence-electron chi connectivity index (χ2n) is 4.54. The van der Waals surface area contributed by atoms with E-state index in [1.807, 2.05) is 6.07 Å². The summed E-state index contributed by atoms with van der Waals surface area (Å²) in [6, 6.07) is 9.81. The molecule has 3 aromatic rings. The standard InChI is InChI=1S/C15H9Br2FN2OS/c16-8-5-11-14(12(17)6-8)19-13(20-15(11)21)7-22-10-3-1-9(18)2-4-10/h1-6H,7H2,(H,19,20,21). The van der Waals surface area contributed by atoms with E-state index in [1.54, 1.807) is 18.2 Å². The van der Waals surface area contributed by atoms with Crippen molar-refractivity contribution in [2.45, 2.75) is 10.6 Å². The predicted octanol–water partition coefficient (Wildman–Crippen LogP) is 4.88. The summed E-state index contributed by atoms with van der Waals surface area (Å²) in [6.45, 7) is 0. The topological polar surface area (TPSA) is 45.8 Å². The van der Waals surface area contributed by atoms with E-state index < -0.39 is 0 Å². The lowest BCUT2D eigenvalue weighted by atomic mass is 10.2. The number of thioether (sulfide) groups is 1. The van der Waals surface area contributed by atoms with Crippen molar-refractivity contribution < 1.29 is 4.39 Å². The van der Waals surface area contributed by atoms with Crippen LogP contribution >= 0.6 is 43.6 Å². The van der Waals surface area contributed by atoms with E-state index in [9.17, 15) is 9.18 Å². The van der Waals surface area contributed by atoms with Gasteiger partial charge in [0.15, 0.2) is 0 Å². The van der Waals surface area contributed by atoms with Gasteiger partial charge in [0.05, 0.1) is 16.7 Å². The van der Waals surface area contributed by atoms with Gasteiger partial charge in [-0.1, -0.05) is 15.9 Å². The van der Waals surface area contributed by atoms with Crippen LogP contribution in [0, 0.1) is 5.82 Å². The summed E-state index contributed by atoms with van der Waals surface area (Å²) in [7, 11) is 0. The highest BCUT2D eigenvalue weighted by Gasteiger charge is 2.09. The van der Waals surface area contributed by atoms with Crippen molar-refractivity contribution in [1.29, 1.82) is 0 Å². The molecule has 0 aliphatic rings. The zero-order valence-corrected chi connectivity index (χ0v) is 15.1. The highest BCUT2D eigenvalue weighted by Crippen LogP contribution is 2.26. The third-order valence-corrected chi connectivity index (χ3v) is 5.05. The molecular formula is C15H9Br2FN2OS. The fourth-order valence-corrected chi connectivity index (χ4v) is 4.05. The quantitative estimate of drug-likeness (QED) is 0.586. The minimum atomic E-state index is -0.268. The third-order valence-electron chi connectivity index (χ3n) is 2.97. The summed E-state index contributed by atoms with van der Waals surface area (Å²) in [5, 5.41) is 0.525. The van der Waals surface area contributed by atoms with Gasteiger partial charge >= 0.3 is 0 Å². The van der Waals surface area contributed by atoms with E-state index >= 15 is 0 Å². The Labute approximate surface area is 146 Å². The van der Waals surface area contributed by atoms with Gasteiger partial charge in [0.1, 0.15) is 11.6 Å². The first-order chi connectivity index (χ1) is 10.5. The smallest absolute Gasteiger partial charge is 0.258 e. The molecule has 0 saturated heterocycles. The van der Waals surface area contributed by atoms with Crippen LogP contribution in [0.15, 0.2) is 55.0 Å². The predicted molar refractivity (Wildman–Crippen MR) is 93.7 cm³/mol. The summed E-state index contributed by atoms with van der Waals surface area (Å²) in [5.74, 6) is 0.810. The number of H-pyrrole nitrogens is 1. The number of hydrogen-bond donors (Lipinski definition) is 1. The van der Waals surface area contributed by atoms with Gasteiger partial charge < -0.3 is 4.98 Å². The zero-order chi connectivity index (χ0) is 15.7. The first kappa shape index (κ1) is 15.7. The molecule has 0 unspecified atom stereocenters. The molecule has 0 amide bonds. The normalized spacial score (nSPS) is 11.0. The lowest BCUT2D eigenvalue weighted by Gasteiger charge is -2.05. The Morgan fingerprint density at radius 1 is 1.18 bits per heavy atom. The molecule has 7 heteroatoms. The van der Waals surface area contributed by atoms with Crippen LogP contribution in [0.2, 0.25) is 0 Å². The first-order valence-electron chi connectivity index (χ1n) is 6.29. The fraction of sp³-hybridized carbons (Fsp3) is 0.0667. The van der Waals surface area contributed by atoms with Crippen molar-refractivity contribution in [2.75, 3.05) is 0 Å².